The summed E-state index contributed by atoms with van der Waals surface area (Å²) in [5, 5.41) is 0. The molecule has 1 aliphatic heterocycles. The molecule has 1 aromatic rings. The Kier molecular flexibility index (Phi) is 3.49. The lowest BCUT2D eigenvalue weighted by atomic mass is 9.90. The molecule has 18 heavy (non-hydrogen) atoms. The number of hydrogen-bond acceptors (Lipinski definition) is 4. The number of nitrogens with zero attached hydrogens (tertiary/aromatic N) is 2. The number of nitrogens with one attached hydrogen (secondary N) is 1. The summed E-state index contributed by atoms with van der Waals surface area (Å²) in [5.41, 5.74) is 7.46. The fourth-order valence-electron chi connectivity index (χ4n) is 2.46. The third kappa shape index (κ3) is 1.95. The van der Waals surface area contributed by atoms with Crippen molar-refractivity contribution in [2.45, 2.75) is 32.2 Å². The Balaban J connectivity index is 0.00000120. The van der Waals surface area contributed by atoms with Crippen molar-refractivity contribution >= 4 is 23.7 Å². The normalized spacial score (nSPS) is 22.1. The van der Waals surface area contributed by atoms with Crippen LogP contribution in [0.1, 0.15) is 30.5 Å². The molecule has 1 unspecified atom stereocenters. The lowest BCUT2D eigenvalue weighted by Crippen LogP contribution is -3.15. The van der Waals surface area contributed by atoms with Crippen LogP contribution < -0.4 is 27.6 Å². The van der Waals surface area contributed by atoms with Gasteiger partial charge in [-0.25, -0.2) is 14.7 Å². The van der Waals surface area contributed by atoms with Gasteiger partial charge in [0.25, 0.3) is 0 Å². The van der Waals surface area contributed by atoms with Crippen LogP contribution >= 0.6 is 0 Å². The van der Waals surface area contributed by atoms with Gasteiger partial charge in [-0.05, 0) is 19.4 Å². The Morgan fingerprint density at radius 2 is 2.06 bits per heavy atom. The highest BCUT2D eigenvalue weighted by molar-refractivity contribution is 5.90. The van der Waals surface area contributed by atoms with E-state index in [-0.39, 0.29) is 28.8 Å². The average molecular weight is 311 g/mol. The van der Waals surface area contributed by atoms with Gasteiger partial charge in [0, 0.05) is 18.9 Å². The molecule has 1 saturated carbocycles. The summed E-state index contributed by atoms with van der Waals surface area (Å²) >= 11 is 0. The molecular formula is C12H15BrN4O. The van der Waals surface area contributed by atoms with Crippen molar-refractivity contribution in [3.8, 4) is 0 Å². The third-order valence-electron chi connectivity index (χ3n) is 3.59. The maximum absolute atomic E-state index is 12.0. The van der Waals surface area contributed by atoms with Crippen LogP contribution in [0.4, 0.5) is 11.8 Å². The molecule has 0 aromatic carbocycles. The van der Waals surface area contributed by atoms with Gasteiger partial charge < -0.3 is 22.7 Å². The van der Waals surface area contributed by atoms with E-state index in [4.69, 9.17) is 5.73 Å². The number of halogens is 1. The van der Waals surface area contributed by atoms with Crippen LogP contribution in [0.2, 0.25) is 0 Å². The smallest absolute Gasteiger partial charge is 0.343 e. The zero-order valence-corrected chi connectivity index (χ0v) is 11.7. The maximum Gasteiger partial charge on any atom is 0.343 e. The molecule has 1 fully saturated rings. The molecule has 3 N–H and O–H groups in total. The number of amides is 1. The van der Waals surface area contributed by atoms with Crippen molar-refractivity contribution in [3.63, 3.8) is 0 Å². The second-order valence-corrected chi connectivity index (χ2v) is 4.67. The molecule has 0 spiro atoms. The van der Waals surface area contributed by atoms with Gasteiger partial charge in [-0.3, -0.25) is 0 Å². The van der Waals surface area contributed by atoms with Crippen LogP contribution in [-0.2, 0) is 4.79 Å². The molecule has 1 aromatic heterocycles. The monoisotopic (exact) mass is 310 g/mol. The summed E-state index contributed by atoms with van der Waals surface area (Å²) in [4.78, 5) is 21.2. The minimum absolute atomic E-state index is 0. The molecule has 1 aliphatic carbocycles. The first-order valence-electron chi connectivity index (χ1n) is 5.90. The number of quaternary nitrogens is 1. The Morgan fingerprint density at radius 3 is 2.67 bits per heavy atom. The minimum Gasteiger partial charge on any atom is -1.00 e. The van der Waals surface area contributed by atoms with Crippen LogP contribution in [-0.4, -0.2) is 21.9 Å². The fraction of sp³-hybridized carbons (Fsp3) is 0.417. The molecular weight excluding hydrogens is 296 g/mol. The molecule has 1 amide bonds. The van der Waals surface area contributed by atoms with Crippen molar-refractivity contribution < 1.29 is 26.7 Å². The van der Waals surface area contributed by atoms with Crippen LogP contribution in [0.5, 0.6) is 0 Å². The lowest BCUT2D eigenvalue weighted by molar-refractivity contribution is -0.788. The van der Waals surface area contributed by atoms with Crippen LogP contribution in [0.3, 0.4) is 0 Å². The number of anilines is 1. The highest BCUT2D eigenvalue weighted by atomic mass is 79.9. The Morgan fingerprint density at radius 1 is 1.33 bits per heavy atom. The van der Waals surface area contributed by atoms with E-state index in [0.29, 0.717) is 6.04 Å². The summed E-state index contributed by atoms with van der Waals surface area (Å²) in [7, 11) is 0. The second-order valence-electron chi connectivity index (χ2n) is 4.67. The summed E-state index contributed by atoms with van der Waals surface area (Å²) in [6, 6.07) is 0.361. The van der Waals surface area contributed by atoms with E-state index in [1.54, 1.807) is 12.2 Å². The molecule has 6 heteroatoms. The first-order chi connectivity index (χ1) is 8.16. The highest BCUT2D eigenvalue weighted by Crippen LogP contribution is 2.23. The standard InChI is InChI=1S/C12H14N4O.BrH/c1-7-9-5-6-10(17)16(8-3-2-4-8)11(9)15-12(13)14-7;/h5-6,8H,2-4H2,1H3,(H2,13,14,15);1H. The van der Waals surface area contributed by atoms with E-state index < -0.39 is 0 Å². The number of hydrogen-bond donors (Lipinski definition) is 2. The molecule has 1 atom stereocenters. The number of fused-ring (bicyclic) bond motifs is 1. The Hall–Kier alpha value is -1.27. The number of rotatable bonds is 1. The van der Waals surface area contributed by atoms with Gasteiger partial charge in [0.2, 0.25) is 11.8 Å². The summed E-state index contributed by atoms with van der Waals surface area (Å²) < 4.78 is 0. The van der Waals surface area contributed by atoms with Gasteiger partial charge in [0.1, 0.15) is 6.04 Å². The van der Waals surface area contributed by atoms with Crippen molar-refractivity contribution in [2.75, 3.05) is 5.73 Å². The Labute approximate surface area is 116 Å². The SMILES string of the molecule is Cc1nc(N)nc2c1C=CC(=O)[NH+]2C1CCC1.[Br-]. The molecule has 96 valence electrons. The summed E-state index contributed by atoms with van der Waals surface area (Å²) in [6.45, 7) is 1.90. The predicted molar refractivity (Wildman–Crippen MR) is 63.5 cm³/mol. The molecule has 0 radical (unpaired) electrons. The van der Waals surface area contributed by atoms with Gasteiger partial charge in [0.15, 0.2) is 0 Å². The van der Waals surface area contributed by atoms with E-state index in [1.807, 2.05) is 6.92 Å². The van der Waals surface area contributed by atoms with E-state index in [9.17, 15) is 4.79 Å². The van der Waals surface area contributed by atoms with Gasteiger partial charge in [-0.1, -0.05) is 0 Å². The average Bonchev–Trinajstić information content (AvgIpc) is 2.19. The Bertz CT molecular complexity index is 525. The maximum atomic E-state index is 12.0. The van der Waals surface area contributed by atoms with Crippen LogP contribution in [0.25, 0.3) is 6.08 Å². The topological polar surface area (TPSA) is 73.3 Å². The lowest BCUT2D eigenvalue weighted by Gasteiger charge is -2.32. The largest absolute Gasteiger partial charge is 1.00 e. The van der Waals surface area contributed by atoms with Crippen molar-refractivity contribution in [1.82, 2.24) is 9.97 Å². The molecule has 3 rings (SSSR count). The van der Waals surface area contributed by atoms with E-state index >= 15 is 0 Å². The first-order valence-corrected chi connectivity index (χ1v) is 5.90. The predicted octanol–water partition coefficient (Wildman–Crippen LogP) is -3.01. The zero-order chi connectivity index (χ0) is 12.0. The second kappa shape index (κ2) is 4.78. The van der Waals surface area contributed by atoms with E-state index in [1.165, 1.54) is 6.42 Å². The molecule has 0 bridgehead atoms. The fourth-order valence-corrected chi connectivity index (χ4v) is 2.46. The number of nitrogen functional groups attached to an aromatic ring is 1. The van der Waals surface area contributed by atoms with Crippen LogP contribution in [0.15, 0.2) is 6.08 Å². The number of carbonyl (C=O) groups is 1. The molecule has 2 heterocycles. The highest BCUT2D eigenvalue weighted by Gasteiger charge is 2.39. The number of nitrogens with two attached hydrogens (primary N) is 1. The van der Waals surface area contributed by atoms with Crippen molar-refractivity contribution in [1.29, 1.82) is 0 Å². The van der Waals surface area contributed by atoms with Gasteiger partial charge in [-0.15, -0.1) is 0 Å². The quantitative estimate of drug-likeness (QED) is 0.580. The number of carbonyl (C=O) groups excluding carboxylic acids is 1. The number of aryl methyl sites for hydroxylation is 1. The molecule has 5 nitrogen and oxygen atoms in total. The van der Waals surface area contributed by atoms with Crippen molar-refractivity contribution in [3.05, 3.63) is 17.3 Å². The number of aromatic nitrogens is 2. The summed E-state index contributed by atoms with van der Waals surface area (Å²) in [6.07, 6.45) is 6.78. The molecule has 0 saturated heterocycles. The summed E-state index contributed by atoms with van der Waals surface area (Å²) in [5.74, 6) is 1.09. The van der Waals surface area contributed by atoms with Crippen LogP contribution in [0, 0.1) is 6.92 Å². The van der Waals surface area contributed by atoms with Gasteiger partial charge in [-0.2, -0.15) is 4.98 Å². The zero-order valence-electron chi connectivity index (χ0n) is 10.1. The van der Waals surface area contributed by atoms with E-state index in [2.05, 4.69) is 9.97 Å². The van der Waals surface area contributed by atoms with Gasteiger partial charge >= 0.3 is 5.91 Å². The minimum atomic E-state index is 0. The molecule has 2 aliphatic rings. The third-order valence-corrected chi connectivity index (χ3v) is 3.59. The van der Waals surface area contributed by atoms with Gasteiger partial charge in [0.05, 0.1) is 11.3 Å². The van der Waals surface area contributed by atoms with Crippen molar-refractivity contribution in [2.24, 2.45) is 0 Å². The van der Waals surface area contributed by atoms with E-state index in [0.717, 1.165) is 34.8 Å². The first kappa shape index (κ1) is 13.2.